The Labute approximate surface area is 122 Å². The molecule has 0 unspecified atom stereocenters. The summed E-state index contributed by atoms with van der Waals surface area (Å²) in [5.74, 6) is 0.980. The largest absolute Gasteiger partial charge is 0.384 e. The fraction of sp³-hybridized carbons (Fsp3) is 0.188. The van der Waals surface area contributed by atoms with Crippen LogP contribution in [0.25, 0.3) is 11.0 Å². The maximum Gasteiger partial charge on any atom is 0.166 e. The zero-order chi connectivity index (χ0) is 13.8. The molecule has 0 radical (unpaired) electrons. The number of nitrogens with one attached hydrogen (secondary N) is 2. The van der Waals surface area contributed by atoms with Crippen LogP contribution < -0.4 is 5.32 Å². The molecule has 3 rings (SSSR count). The first-order valence-electron chi connectivity index (χ1n) is 6.70. The van der Waals surface area contributed by atoms with Crippen LogP contribution in [0.5, 0.6) is 0 Å². The summed E-state index contributed by atoms with van der Waals surface area (Å²) >= 11 is 1.74. The number of hydrogen-bond donors (Lipinski definition) is 2. The predicted molar refractivity (Wildman–Crippen MR) is 86.5 cm³/mol. The van der Waals surface area contributed by atoms with E-state index in [1.54, 1.807) is 11.8 Å². The summed E-state index contributed by atoms with van der Waals surface area (Å²) in [6, 6.07) is 16.5. The van der Waals surface area contributed by atoms with Gasteiger partial charge in [-0.05, 0) is 30.7 Å². The Balaban J connectivity index is 1.54. The van der Waals surface area contributed by atoms with Crippen molar-refractivity contribution in [2.75, 3.05) is 17.6 Å². The molecule has 0 fully saturated rings. The lowest BCUT2D eigenvalue weighted by molar-refractivity contribution is 1.07. The molecule has 0 amide bonds. The summed E-state index contributed by atoms with van der Waals surface area (Å²) in [4.78, 5) is 7.88. The van der Waals surface area contributed by atoms with E-state index in [-0.39, 0.29) is 0 Å². The van der Waals surface area contributed by atoms with Crippen LogP contribution in [-0.4, -0.2) is 22.3 Å². The van der Waals surface area contributed by atoms with E-state index in [0.29, 0.717) is 0 Å². The van der Waals surface area contributed by atoms with Crippen molar-refractivity contribution >= 4 is 28.5 Å². The highest BCUT2D eigenvalue weighted by atomic mass is 32.2. The van der Waals surface area contributed by atoms with Gasteiger partial charge in [0, 0.05) is 18.0 Å². The van der Waals surface area contributed by atoms with E-state index < -0.39 is 0 Å². The molecule has 0 saturated heterocycles. The van der Waals surface area contributed by atoms with Crippen LogP contribution in [0.3, 0.4) is 0 Å². The lowest BCUT2D eigenvalue weighted by Gasteiger charge is -2.08. The van der Waals surface area contributed by atoms with Crippen LogP contribution in [-0.2, 0) is 0 Å². The van der Waals surface area contributed by atoms with Gasteiger partial charge >= 0.3 is 0 Å². The van der Waals surface area contributed by atoms with E-state index in [2.05, 4.69) is 52.5 Å². The number of imidazole rings is 1. The number of hydrogen-bond acceptors (Lipinski definition) is 3. The summed E-state index contributed by atoms with van der Waals surface area (Å²) < 4.78 is 0. The van der Waals surface area contributed by atoms with Gasteiger partial charge in [0.2, 0.25) is 0 Å². The van der Waals surface area contributed by atoms with E-state index in [4.69, 9.17) is 0 Å². The number of benzene rings is 2. The van der Waals surface area contributed by atoms with Crippen molar-refractivity contribution in [3.63, 3.8) is 0 Å². The minimum absolute atomic E-state index is 0.923. The summed E-state index contributed by atoms with van der Waals surface area (Å²) in [6.45, 7) is 3.04. The molecule has 0 aliphatic rings. The van der Waals surface area contributed by atoms with Crippen molar-refractivity contribution in [2.24, 2.45) is 0 Å². The molecular weight excluding hydrogens is 266 g/mol. The Bertz CT molecular complexity index is 673. The van der Waals surface area contributed by atoms with E-state index >= 15 is 0 Å². The number of rotatable bonds is 5. The Kier molecular flexibility index (Phi) is 3.92. The maximum atomic E-state index is 4.55. The zero-order valence-corrected chi connectivity index (χ0v) is 12.2. The Hall–Kier alpha value is -1.94. The first kappa shape index (κ1) is 13.1. The van der Waals surface area contributed by atoms with Crippen molar-refractivity contribution in [2.45, 2.75) is 12.1 Å². The average Bonchev–Trinajstić information content (AvgIpc) is 2.88. The zero-order valence-electron chi connectivity index (χ0n) is 11.4. The molecular formula is C16H17N3S. The quantitative estimate of drug-likeness (QED) is 0.547. The number of aryl methyl sites for hydroxylation is 1. The summed E-state index contributed by atoms with van der Waals surface area (Å²) in [5, 5.41) is 4.44. The molecule has 0 aliphatic carbocycles. The molecule has 0 saturated carbocycles. The number of thioether (sulfide) groups is 1. The first-order valence-corrected chi connectivity index (χ1v) is 7.68. The van der Waals surface area contributed by atoms with Crippen molar-refractivity contribution < 1.29 is 0 Å². The smallest absolute Gasteiger partial charge is 0.166 e. The van der Waals surface area contributed by atoms with Crippen LogP contribution in [0.2, 0.25) is 0 Å². The van der Waals surface area contributed by atoms with Gasteiger partial charge in [-0.15, -0.1) is 0 Å². The highest BCUT2D eigenvalue weighted by molar-refractivity contribution is 7.99. The molecule has 2 aromatic carbocycles. The van der Waals surface area contributed by atoms with Gasteiger partial charge in [0.05, 0.1) is 11.0 Å². The van der Waals surface area contributed by atoms with Gasteiger partial charge in [-0.2, -0.15) is 0 Å². The second-order valence-electron chi connectivity index (χ2n) is 4.65. The van der Waals surface area contributed by atoms with Gasteiger partial charge < -0.3 is 10.3 Å². The molecule has 0 aliphatic heterocycles. The lowest BCUT2D eigenvalue weighted by atomic mass is 10.2. The third-order valence-electron chi connectivity index (χ3n) is 3.17. The van der Waals surface area contributed by atoms with Crippen LogP contribution in [0, 0.1) is 6.92 Å². The van der Waals surface area contributed by atoms with E-state index in [9.17, 15) is 0 Å². The molecule has 1 aromatic heterocycles. The molecule has 0 bridgehead atoms. The molecule has 3 aromatic rings. The first-order chi connectivity index (χ1) is 9.83. The molecule has 0 atom stereocenters. The van der Waals surface area contributed by atoms with Crippen molar-refractivity contribution in [1.82, 2.24) is 9.97 Å². The Morgan fingerprint density at radius 3 is 2.75 bits per heavy atom. The lowest BCUT2D eigenvalue weighted by Crippen LogP contribution is -2.05. The Morgan fingerprint density at radius 2 is 1.90 bits per heavy atom. The molecule has 20 heavy (non-hydrogen) atoms. The van der Waals surface area contributed by atoms with Gasteiger partial charge in [0.25, 0.3) is 0 Å². The number of anilines is 1. The maximum absolute atomic E-state index is 4.55. The molecule has 3 nitrogen and oxygen atoms in total. The molecule has 102 valence electrons. The summed E-state index contributed by atoms with van der Waals surface area (Å²) in [5.41, 5.74) is 4.61. The van der Waals surface area contributed by atoms with Gasteiger partial charge in [-0.25, -0.2) is 4.98 Å². The fourth-order valence-electron chi connectivity index (χ4n) is 2.10. The van der Waals surface area contributed by atoms with E-state index in [1.807, 2.05) is 18.2 Å². The van der Waals surface area contributed by atoms with E-state index in [1.165, 1.54) is 11.3 Å². The minimum atomic E-state index is 0.923. The fourth-order valence-corrected chi connectivity index (χ4v) is 2.84. The molecule has 2 N–H and O–H groups in total. The SMILES string of the molecule is Cc1ccccc1NCCSc1nc2ccccc2[nH]1. The third-order valence-corrected chi connectivity index (χ3v) is 4.04. The van der Waals surface area contributed by atoms with Gasteiger partial charge in [0.1, 0.15) is 0 Å². The molecule has 0 spiro atoms. The second-order valence-corrected chi connectivity index (χ2v) is 5.73. The number of aromatic amines is 1. The van der Waals surface area contributed by atoms with Gasteiger partial charge in [-0.1, -0.05) is 42.1 Å². The van der Waals surface area contributed by atoms with Crippen LogP contribution in [0.15, 0.2) is 53.7 Å². The summed E-state index contributed by atoms with van der Waals surface area (Å²) in [6.07, 6.45) is 0. The van der Waals surface area contributed by atoms with Crippen LogP contribution >= 0.6 is 11.8 Å². The normalized spacial score (nSPS) is 10.8. The molecule has 4 heteroatoms. The second kappa shape index (κ2) is 6.01. The molecule has 1 heterocycles. The standard InChI is InChI=1S/C16H17N3S/c1-12-6-2-3-7-13(12)17-10-11-20-16-18-14-8-4-5-9-15(14)19-16/h2-9,17H,10-11H2,1H3,(H,18,19). The van der Waals surface area contributed by atoms with Gasteiger partial charge in [0.15, 0.2) is 5.16 Å². The van der Waals surface area contributed by atoms with E-state index in [0.717, 1.165) is 28.5 Å². The highest BCUT2D eigenvalue weighted by Gasteiger charge is 2.02. The van der Waals surface area contributed by atoms with Gasteiger partial charge in [-0.3, -0.25) is 0 Å². The number of para-hydroxylation sites is 3. The summed E-state index contributed by atoms with van der Waals surface area (Å²) in [7, 11) is 0. The van der Waals surface area contributed by atoms with Crippen molar-refractivity contribution in [1.29, 1.82) is 0 Å². The van der Waals surface area contributed by atoms with Crippen LogP contribution in [0.4, 0.5) is 5.69 Å². The Morgan fingerprint density at radius 1 is 1.10 bits per heavy atom. The number of nitrogens with zero attached hydrogens (tertiary/aromatic N) is 1. The van der Waals surface area contributed by atoms with Crippen LogP contribution in [0.1, 0.15) is 5.56 Å². The number of H-pyrrole nitrogens is 1. The minimum Gasteiger partial charge on any atom is -0.384 e. The highest BCUT2D eigenvalue weighted by Crippen LogP contribution is 2.19. The number of fused-ring (bicyclic) bond motifs is 1. The number of aromatic nitrogens is 2. The van der Waals surface area contributed by atoms with Crippen molar-refractivity contribution in [3.8, 4) is 0 Å². The monoisotopic (exact) mass is 283 g/mol. The average molecular weight is 283 g/mol. The predicted octanol–water partition coefficient (Wildman–Crippen LogP) is 4.08. The topological polar surface area (TPSA) is 40.7 Å². The third kappa shape index (κ3) is 2.96. The van der Waals surface area contributed by atoms with Crippen molar-refractivity contribution in [3.05, 3.63) is 54.1 Å².